The summed E-state index contributed by atoms with van der Waals surface area (Å²) in [5.41, 5.74) is 4.70. The summed E-state index contributed by atoms with van der Waals surface area (Å²) in [5.74, 6) is 0.996. The highest BCUT2D eigenvalue weighted by Gasteiger charge is 2.57. The van der Waals surface area contributed by atoms with E-state index in [0.29, 0.717) is 0 Å². The van der Waals surface area contributed by atoms with Crippen molar-refractivity contribution in [3.63, 3.8) is 0 Å². The zero-order valence-electron chi connectivity index (χ0n) is 18.6. The van der Waals surface area contributed by atoms with Crippen molar-refractivity contribution < 1.29 is 9.53 Å². The summed E-state index contributed by atoms with van der Waals surface area (Å²) in [6.45, 7) is 6.14. The Balaban J connectivity index is 1.53. The third-order valence-corrected chi connectivity index (χ3v) is 7.07. The molecule has 4 atom stereocenters. The highest BCUT2D eigenvalue weighted by atomic mass is 16.5. The van der Waals surface area contributed by atoms with Gasteiger partial charge in [0.2, 0.25) is 0 Å². The van der Waals surface area contributed by atoms with Crippen LogP contribution in [0.5, 0.6) is 5.75 Å². The first-order valence-electron chi connectivity index (χ1n) is 11.6. The maximum absolute atomic E-state index is 13.2. The van der Waals surface area contributed by atoms with E-state index < -0.39 is 0 Å². The molecule has 2 aliphatic rings. The molecule has 3 nitrogen and oxygen atoms in total. The average Bonchev–Trinajstić information content (AvgIpc) is 2.81. The predicted octanol–water partition coefficient (Wildman–Crippen LogP) is 6.28. The van der Waals surface area contributed by atoms with Gasteiger partial charge in [-0.2, -0.15) is 0 Å². The normalized spacial score (nSPS) is 23.8. The van der Waals surface area contributed by atoms with Crippen molar-refractivity contribution in [1.82, 2.24) is 0 Å². The van der Waals surface area contributed by atoms with Gasteiger partial charge in [-0.3, -0.25) is 4.79 Å². The lowest BCUT2D eigenvalue weighted by Crippen LogP contribution is -2.50. The van der Waals surface area contributed by atoms with Gasteiger partial charge in [0.1, 0.15) is 5.75 Å². The standard InChI is InChI=1S/C29H29NO2/c1-3-30(4-2)22-16-18-23-25(19-22)32-29(31)28-24(17-15-20-11-7-5-8-12-20)26(27(23)28)21-13-9-6-10-14-21/h5-19,24,26-28H,3-4H2,1-2H3/b17-15+/t24-,26+,27+,28+/m0/s1. The van der Waals surface area contributed by atoms with Crippen LogP contribution in [0.15, 0.2) is 84.9 Å². The summed E-state index contributed by atoms with van der Waals surface area (Å²) in [6, 6.07) is 27.3. The van der Waals surface area contributed by atoms with Crippen LogP contribution in [0.3, 0.4) is 0 Å². The zero-order valence-corrected chi connectivity index (χ0v) is 18.6. The van der Waals surface area contributed by atoms with Crippen LogP contribution in [-0.2, 0) is 4.79 Å². The second kappa shape index (κ2) is 8.66. The van der Waals surface area contributed by atoms with Crippen molar-refractivity contribution >= 4 is 17.7 Å². The number of carbonyl (C=O) groups excluding carboxylic acids is 1. The number of hydrogen-bond donors (Lipinski definition) is 0. The van der Waals surface area contributed by atoms with Gasteiger partial charge in [0.25, 0.3) is 0 Å². The monoisotopic (exact) mass is 423 g/mol. The Morgan fingerprint density at radius 3 is 2.22 bits per heavy atom. The molecule has 1 saturated carbocycles. The molecule has 162 valence electrons. The molecule has 3 aromatic carbocycles. The molecule has 1 heterocycles. The first kappa shape index (κ1) is 20.6. The molecule has 1 aliphatic carbocycles. The molecule has 0 amide bonds. The molecule has 0 unspecified atom stereocenters. The number of esters is 1. The fraction of sp³-hybridized carbons (Fsp3) is 0.276. The van der Waals surface area contributed by atoms with Crippen LogP contribution < -0.4 is 9.64 Å². The Labute approximate surface area is 190 Å². The van der Waals surface area contributed by atoms with Crippen LogP contribution in [0.4, 0.5) is 5.69 Å². The van der Waals surface area contributed by atoms with Crippen molar-refractivity contribution in [3.05, 3.63) is 102 Å². The average molecular weight is 424 g/mol. The SMILES string of the molecule is CCN(CC)c1ccc2c(c1)OC(=O)[C@@H]1[C@@H](/C=C/c3ccccc3)[C@@H](c3ccccc3)[C@@H]21. The van der Waals surface area contributed by atoms with Gasteiger partial charge in [0.05, 0.1) is 5.92 Å². The summed E-state index contributed by atoms with van der Waals surface area (Å²) in [7, 11) is 0. The first-order chi connectivity index (χ1) is 15.7. The Bertz CT molecular complexity index is 1120. The van der Waals surface area contributed by atoms with Crippen molar-refractivity contribution in [2.75, 3.05) is 18.0 Å². The summed E-state index contributed by atoms with van der Waals surface area (Å²) in [4.78, 5) is 15.4. The number of allylic oxidation sites excluding steroid dienone is 1. The molecule has 1 fully saturated rings. The van der Waals surface area contributed by atoms with Gasteiger partial charge in [-0.25, -0.2) is 0 Å². The maximum atomic E-state index is 13.2. The van der Waals surface area contributed by atoms with E-state index in [1.165, 1.54) is 5.56 Å². The van der Waals surface area contributed by atoms with Crippen molar-refractivity contribution in [2.45, 2.75) is 25.7 Å². The highest BCUT2D eigenvalue weighted by Crippen LogP contribution is 2.62. The lowest BCUT2D eigenvalue weighted by atomic mass is 9.51. The minimum Gasteiger partial charge on any atom is -0.426 e. The number of benzene rings is 3. The second-order valence-electron chi connectivity index (χ2n) is 8.65. The summed E-state index contributed by atoms with van der Waals surface area (Å²) >= 11 is 0. The van der Waals surface area contributed by atoms with Crippen LogP contribution in [-0.4, -0.2) is 19.1 Å². The molecular weight excluding hydrogens is 394 g/mol. The van der Waals surface area contributed by atoms with Crippen molar-refractivity contribution in [3.8, 4) is 5.75 Å². The van der Waals surface area contributed by atoms with Crippen LogP contribution in [0.25, 0.3) is 6.08 Å². The maximum Gasteiger partial charge on any atom is 0.315 e. The highest BCUT2D eigenvalue weighted by molar-refractivity contribution is 5.83. The number of hydrogen-bond acceptors (Lipinski definition) is 3. The van der Waals surface area contributed by atoms with E-state index in [2.05, 4.69) is 79.4 Å². The summed E-state index contributed by atoms with van der Waals surface area (Å²) in [5, 5.41) is 0. The van der Waals surface area contributed by atoms with Gasteiger partial charge in [0.15, 0.2) is 0 Å². The molecule has 5 rings (SSSR count). The smallest absolute Gasteiger partial charge is 0.315 e. The molecule has 0 spiro atoms. The fourth-order valence-electron chi connectivity index (χ4n) is 5.45. The fourth-order valence-corrected chi connectivity index (χ4v) is 5.45. The molecule has 0 radical (unpaired) electrons. The molecular formula is C29H29NO2. The minimum absolute atomic E-state index is 0.103. The van der Waals surface area contributed by atoms with Crippen LogP contribution in [0.1, 0.15) is 42.4 Å². The molecule has 0 bridgehead atoms. The van der Waals surface area contributed by atoms with Crippen LogP contribution in [0.2, 0.25) is 0 Å². The van der Waals surface area contributed by atoms with Gasteiger partial charge >= 0.3 is 5.97 Å². The number of fused-ring (bicyclic) bond motifs is 3. The van der Waals surface area contributed by atoms with Crippen LogP contribution in [0, 0.1) is 11.8 Å². The Morgan fingerprint density at radius 1 is 0.844 bits per heavy atom. The molecule has 3 aromatic rings. The third kappa shape index (κ3) is 3.52. The number of rotatable bonds is 6. The van der Waals surface area contributed by atoms with Gasteiger partial charge < -0.3 is 9.64 Å². The molecule has 0 aromatic heterocycles. The first-order valence-corrected chi connectivity index (χ1v) is 11.6. The minimum atomic E-state index is -0.146. The molecule has 3 heteroatoms. The number of carbonyl (C=O) groups is 1. The lowest BCUT2D eigenvalue weighted by molar-refractivity contribution is -0.148. The van der Waals surface area contributed by atoms with Gasteiger partial charge in [-0.05, 0) is 48.4 Å². The summed E-state index contributed by atoms with van der Waals surface area (Å²) in [6.07, 6.45) is 4.35. The Hall–Kier alpha value is -3.33. The van der Waals surface area contributed by atoms with Crippen molar-refractivity contribution in [1.29, 1.82) is 0 Å². The Kier molecular flexibility index (Phi) is 5.57. The van der Waals surface area contributed by atoms with E-state index in [9.17, 15) is 4.79 Å². The molecule has 0 saturated heterocycles. The third-order valence-electron chi connectivity index (χ3n) is 7.07. The van der Waals surface area contributed by atoms with Gasteiger partial charge in [-0.15, -0.1) is 0 Å². The van der Waals surface area contributed by atoms with E-state index in [4.69, 9.17) is 4.74 Å². The number of ether oxygens (including phenoxy) is 1. The Morgan fingerprint density at radius 2 is 1.53 bits per heavy atom. The lowest BCUT2D eigenvalue weighted by Gasteiger charge is -2.52. The molecule has 0 N–H and O–H groups in total. The van der Waals surface area contributed by atoms with E-state index in [1.807, 2.05) is 30.3 Å². The van der Waals surface area contributed by atoms with Gasteiger partial charge in [-0.1, -0.05) is 78.9 Å². The van der Waals surface area contributed by atoms with E-state index >= 15 is 0 Å². The largest absolute Gasteiger partial charge is 0.426 e. The van der Waals surface area contributed by atoms with Crippen molar-refractivity contribution in [2.24, 2.45) is 11.8 Å². The zero-order chi connectivity index (χ0) is 22.1. The van der Waals surface area contributed by atoms with Gasteiger partial charge in [0, 0.05) is 30.8 Å². The van der Waals surface area contributed by atoms with Crippen LogP contribution >= 0.6 is 0 Å². The molecule has 32 heavy (non-hydrogen) atoms. The number of anilines is 1. The van der Waals surface area contributed by atoms with E-state index in [0.717, 1.165) is 35.7 Å². The van der Waals surface area contributed by atoms with E-state index in [1.54, 1.807) is 0 Å². The second-order valence-corrected chi connectivity index (χ2v) is 8.65. The quantitative estimate of drug-likeness (QED) is 0.345. The topological polar surface area (TPSA) is 29.5 Å². The predicted molar refractivity (Wildman–Crippen MR) is 130 cm³/mol. The van der Waals surface area contributed by atoms with E-state index in [-0.39, 0.29) is 29.6 Å². The molecule has 1 aliphatic heterocycles. The summed E-state index contributed by atoms with van der Waals surface area (Å²) < 4.78 is 5.91. The number of nitrogens with zero attached hydrogens (tertiary/aromatic N) is 1.